The highest BCUT2D eigenvalue weighted by Crippen LogP contribution is 2.45. The van der Waals surface area contributed by atoms with Gasteiger partial charge in [0.05, 0.1) is 11.6 Å². The van der Waals surface area contributed by atoms with Gasteiger partial charge in [-0.3, -0.25) is 0 Å². The topological polar surface area (TPSA) is 43.7 Å². The second kappa shape index (κ2) is 9.46. The van der Waals surface area contributed by atoms with Gasteiger partial charge in [0.1, 0.15) is 0 Å². The molecular weight excluding hydrogens is 460 g/mol. The minimum atomic E-state index is -5.94. The normalized spacial score (nSPS) is 28.6. The minimum Gasteiger partial charge on any atom is -0.388 e. The number of aliphatic hydroxyl groups excluding tert-OH is 1. The molecule has 1 unspecified atom stereocenters. The van der Waals surface area contributed by atoms with Crippen molar-refractivity contribution in [3.63, 3.8) is 0 Å². The number of nitrogens with zero attached hydrogens (tertiary/aromatic N) is 1. The summed E-state index contributed by atoms with van der Waals surface area (Å²) in [7, 11) is 0. The Hall–Kier alpha value is -2.18. The van der Waals surface area contributed by atoms with Crippen LogP contribution in [0, 0.1) is 11.8 Å². The molecule has 0 bridgehead atoms. The van der Waals surface area contributed by atoms with Gasteiger partial charge in [-0.05, 0) is 80.6 Å². The first-order valence-corrected chi connectivity index (χ1v) is 11.3. The van der Waals surface area contributed by atoms with Gasteiger partial charge in [0.2, 0.25) is 0 Å². The summed E-state index contributed by atoms with van der Waals surface area (Å²) in [5.41, 5.74) is -1.67. The zero-order valence-corrected chi connectivity index (χ0v) is 19.0. The van der Waals surface area contributed by atoms with Crippen molar-refractivity contribution in [2.24, 2.45) is 0 Å². The van der Waals surface area contributed by atoms with Crippen molar-refractivity contribution in [2.75, 3.05) is 6.54 Å². The third-order valence-corrected chi connectivity index (χ3v) is 7.08. The van der Waals surface area contributed by atoms with Crippen LogP contribution in [0.15, 0.2) is 47.2 Å². The average Bonchev–Trinajstić information content (AvgIpc) is 3.07. The Balaban J connectivity index is 1.71. The van der Waals surface area contributed by atoms with E-state index in [2.05, 4.69) is 11.5 Å². The standard InChI is InChI=1S/C25H29F6NO2/c1-17-18(7-5-10-21(17)33)11-12-20-9-6-14-22(2)19(13-16-32(20)22)8-3-4-15-23(34,24(26,27)28)25(29,30)31/h11-13,21,33-34H,1,3,5-10,14,16H2,2H3/b18-11-,20-12+/t21-,22?/m0/s1. The van der Waals surface area contributed by atoms with Crippen LogP contribution in [-0.4, -0.2) is 51.3 Å². The van der Waals surface area contributed by atoms with E-state index < -0.39 is 29.6 Å². The lowest BCUT2D eigenvalue weighted by Crippen LogP contribution is -2.55. The summed E-state index contributed by atoms with van der Waals surface area (Å²) in [6.45, 7) is 6.59. The van der Waals surface area contributed by atoms with Gasteiger partial charge in [-0.2, -0.15) is 26.3 Å². The van der Waals surface area contributed by atoms with Crippen LogP contribution in [0.1, 0.15) is 58.3 Å². The van der Waals surface area contributed by atoms with Crippen molar-refractivity contribution < 1.29 is 36.6 Å². The van der Waals surface area contributed by atoms with Crippen LogP contribution in [0.2, 0.25) is 0 Å². The molecule has 3 rings (SSSR count). The quantitative estimate of drug-likeness (QED) is 0.303. The SMILES string of the molecule is C=C1/C(=C\C=C2/CCCC3(C)C(CCC#CC(O)(C(F)(F)F)C(F)(F)F)=CCN23)CCC[C@@H]1O. The molecule has 1 aliphatic carbocycles. The molecule has 2 fully saturated rings. The summed E-state index contributed by atoms with van der Waals surface area (Å²) < 4.78 is 76.7. The predicted octanol–water partition coefficient (Wildman–Crippen LogP) is 5.72. The molecule has 0 amide bonds. The van der Waals surface area contributed by atoms with Crippen LogP contribution in [0.3, 0.4) is 0 Å². The molecule has 1 saturated carbocycles. The van der Waals surface area contributed by atoms with Crippen molar-refractivity contribution in [3.8, 4) is 11.8 Å². The van der Waals surface area contributed by atoms with E-state index in [9.17, 15) is 31.4 Å². The van der Waals surface area contributed by atoms with E-state index in [0.29, 0.717) is 13.0 Å². The number of hydrogen-bond acceptors (Lipinski definition) is 3. The van der Waals surface area contributed by atoms with Gasteiger partial charge in [-0.25, -0.2) is 0 Å². The molecule has 0 radical (unpaired) electrons. The predicted molar refractivity (Wildman–Crippen MR) is 116 cm³/mol. The van der Waals surface area contributed by atoms with E-state index in [1.165, 1.54) is 0 Å². The molecule has 1 saturated heterocycles. The lowest BCUT2D eigenvalue weighted by Gasteiger charge is -2.45. The molecule has 2 heterocycles. The fourth-order valence-electron chi connectivity index (χ4n) is 4.93. The minimum absolute atomic E-state index is 0.211. The molecule has 188 valence electrons. The summed E-state index contributed by atoms with van der Waals surface area (Å²) in [5.74, 6) is 2.93. The highest BCUT2D eigenvalue weighted by molar-refractivity contribution is 5.39. The number of alkyl halides is 6. The van der Waals surface area contributed by atoms with E-state index in [1.807, 2.05) is 31.1 Å². The molecule has 2 N–H and O–H groups in total. The molecule has 3 nitrogen and oxygen atoms in total. The number of allylic oxidation sites excluding steroid dienone is 3. The van der Waals surface area contributed by atoms with Crippen molar-refractivity contribution in [1.29, 1.82) is 0 Å². The van der Waals surface area contributed by atoms with Gasteiger partial charge < -0.3 is 15.1 Å². The van der Waals surface area contributed by atoms with E-state index in [-0.39, 0.29) is 12.8 Å². The van der Waals surface area contributed by atoms with E-state index in [4.69, 9.17) is 5.11 Å². The highest BCUT2D eigenvalue weighted by Gasteiger charge is 2.70. The van der Waals surface area contributed by atoms with Gasteiger partial charge in [-0.1, -0.05) is 24.7 Å². The zero-order valence-electron chi connectivity index (χ0n) is 19.0. The van der Waals surface area contributed by atoms with Crippen LogP contribution in [0.25, 0.3) is 0 Å². The highest BCUT2D eigenvalue weighted by atomic mass is 19.4. The summed E-state index contributed by atoms with van der Waals surface area (Å²) >= 11 is 0. The molecular formula is C25H29F6NO2. The first kappa shape index (κ1) is 26.4. The molecule has 0 aromatic carbocycles. The fraction of sp³-hybridized carbons (Fsp3) is 0.600. The van der Waals surface area contributed by atoms with Crippen molar-refractivity contribution >= 4 is 0 Å². The van der Waals surface area contributed by atoms with Gasteiger partial charge in [0, 0.05) is 18.7 Å². The summed E-state index contributed by atoms with van der Waals surface area (Å²) in [4.78, 5) is 2.21. The number of piperidine rings is 1. The molecule has 2 aliphatic heterocycles. The fourth-order valence-corrected chi connectivity index (χ4v) is 4.93. The number of hydrogen-bond donors (Lipinski definition) is 2. The van der Waals surface area contributed by atoms with Gasteiger partial charge in [0.25, 0.3) is 0 Å². The third-order valence-electron chi connectivity index (χ3n) is 7.08. The van der Waals surface area contributed by atoms with Crippen LogP contribution in [0.4, 0.5) is 26.3 Å². The molecule has 34 heavy (non-hydrogen) atoms. The number of halogens is 6. The Morgan fingerprint density at radius 3 is 2.47 bits per heavy atom. The van der Waals surface area contributed by atoms with E-state index in [0.717, 1.165) is 60.4 Å². The second-order valence-electron chi connectivity index (χ2n) is 9.26. The second-order valence-corrected chi connectivity index (χ2v) is 9.26. The summed E-state index contributed by atoms with van der Waals surface area (Å²) in [6, 6.07) is 0. The number of rotatable bonds is 3. The van der Waals surface area contributed by atoms with Gasteiger partial charge >= 0.3 is 18.0 Å². The first-order chi connectivity index (χ1) is 15.7. The summed E-state index contributed by atoms with van der Waals surface area (Å²) in [5, 5.41) is 19.2. The number of fused-ring (bicyclic) bond motifs is 1. The van der Waals surface area contributed by atoms with E-state index in [1.54, 1.807) is 0 Å². The first-order valence-electron chi connectivity index (χ1n) is 11.3. The van der Waals surface area contributed by atoms with Crippen molar-refractivity contribution in [1.82, 2.24) is 4.90 Å². The average molecular weight is 490 g/mol. The molecule has 2 atom stereocenters. The lowest BCUT2D eigenvalue weighted by atomic mass is 9.81. The third kappa shape index (κ3) is 4.94. The Labute approximate surface area is 195 Å². The van der Waals surface area contributed by atoms with Crippen LogP contribution < -0.4 is 0 Å². The zero-order chi connectivity index (χ0) is 25.4. The van der Waals surface area contributed by atoms with Crippen LogP contribution in [0.5, 0.6) is 0 Å². The molecule has 0 spiro atoms. The van der Waals surface area contributed by atoms with Crippen LogP contribution >= 0.6 is 0 Å². The maximum Gasteiger partial charge on any atom is 0.438 e. The number of aliphatic hydroxyl groups is 2. The maximum atomic E-state index is 12.8. The Kier molecular flexibility index (Phi) is 7.35. The van der Waals surface area contributed by atoms with E-state index >= 15 is 0 Å². The molecule has 9 heteroatoms. The Morgan fingerprint density at radius 1 is 1.15 bits per heavy atom. The smallest absolute Gasteiger partial charge is 0.388 e. The van der Waals surface area contributed by atoms with Crippen molar-refractivity contribution in [2.45, 2.75) is 87.9 Å². The Bertz CT molecular complexity index is 949. The molecule has 0 aromatic heterocycles. The largest absolute Gasteiger partial charge is 0.438 e. The summed E-state index contributed by atoms with van der Waals surface area (Å²) in [6.07, 6.45) is -1.47. The van der Waals surface area contributed by atoms with Gasteiger partial charge in [-0.15, -0.1) is 0 Å². The Morgan fingerprint density at radius 2 is 1.82 bits per heavy atom. The van der Waals surface area contributed by atoms with Gasteiger partial charge in [0.15, 0.2) is 0 Å². The molecule has 0 aromatic rings. The monoisotopic (exact) mass is 489 g/mol. The molecule has 3 aliphatic rings. The van der Waals surface area contributed by atoms with Crippen molar-refractivity contribution in [3.05, 3.63) is 47.2 Å². The van der Waals surface area contributed by atoms with Crippen LogP contribution in [-0.2, 0) is 0 Å². The maximum absolute atomic E-state index is 12.8. The lowest BCUT2D eigenvalue weighted by molar-refractivity contribution is -0.343.